The smallest absolute Gasteiger partial charge is 0.328 e. The minimum atomic E-state index is -0.996. The molecule has 0 saturated carbocycles. The molecule has 1 aliphatic heterocycles. The average Bonchev–Trinajstić information content (AvgIpc) is 2.93. The molecule has 1 aliphatic rings. The van der Waals surface area contributed by atoms with Gasteiger partial charge in [-0.05, 0) is 6.08 Å². The van der Waals surface area contributed by atoms with Gasteiger partial charge in [0.05, 0.1) is 6.54 Å². The van der Waals surface area contributed by atoms with E-state index in [9.17, 15) is 4.79 Å². The summed E-state index contributed by atoms with van der Waals surface area (Å²) in [5.74, 6) is 0.492. The summed E-state index contributed by atoms with van der Waals surface area (Å²) < 4.78 is 2.00. The van der Waals surface area contributed by atoms with Gasteiger partial charge in [0, 0.05) is 37.1 Å². The Kier molecular flexibility index (Phi) is 3.12. The van der Waals surface area contributed by atoms with E-state index in [1.165, 1.54) is 6.08 Å². The number of fused-ring (bicyclic) bond motifs is 1. The lowest BCUT2D eigenvalue weighted by atomic mass is 10.3. The molecule has 102 valence electrons. The number of aromatic nitrogens is 5. The highest BCUT2D eigenvalue weighted by atomic mass is 16.4. The van der Waals surface area contributed by atoms with Crippen LogP contribution in [0.4, 0.5) is 5.95 Å². The molecule has 0 radical (unpaired) electrons. The van der Waals surface area contributed by atoms with Gasteiger partial charge in [0.25, 0.3) is 0 Å². The van der Waals surface area contributed by atoms with E-state index in [1.807, 2.05) is 9.47 Å². The van der Waals surface area contributed by atoms with Gasteiger partial charge in [-0.15, -0.1) is 10.2 Å². The Morgan fingerprint density at radius 3 is 2.85 bits per heavy atom. The monoisotopic (exact) mass is 272 g/mol. The van der Waals surface area contributed by atoms with Gasteiger partial charge in [0.1, 0.15) is 6.33 Å². The van der Waals surface area contributed by atoms with E-state index in [-0.39, 0.29) is 0 Å². The van der Waals surface area contributed by atoms with Crippen molar-refractivity contribution >= 4 is 18.0 Å². The third-order valence-corrected chi connectivity index (χ3v) is 3.00. The Labute approximate surface area is 114 Å². The lowest BCUT2D eigenvalue weighted by Crippen LogP contribution is -2.34. The molecule has 0 unspecified atom stereocenters. The van der Waals surface area contributed by atoms with Crippen molar-refractivity contribution in [2.45, 2.75) is 13.1 Å². The fraction of sp³-hybridized carbons (Fsp3) is 0.250. The Morgan fingerprint density at radius 2 is 2.10 bits per heavy atom. The summed E-state index contributed by atoms with van der Waals surface area (Å²) in [6, 6.07) is 0. The Morgan fingerprint density at radius 1 is 1.30 bits per heavy atom. The van der Waals surface area contributed by atoms with Crippen LogP contribution in [0.1, 0.15) is 11.4 Å². The number of anilines is 1. The zero-order chi connectivity index (χ0) is 13.9. The quantitative estimate of drug-likeness (QED) is 0.796. The molecule has 8 heteroatoms. The van der Waals surface area contributed by atoms with Crippen LogP contribution in [0.15, 0.2) is 24.8 Å². The van der Waals surface area contributed by atoms with Crippen LogP contribution < -0.4 is 4.90 Å². The normalized spacial score (nSPS) is 14.5. The topological polar surface area (TPSA) is 97.0 Å². The minimum Gasteiger partial charge on any atom is -0.478 e. The Bertz CT molecular complexity index is 648. The Hall–Kier alpha value is -2.77. The first-order valence-corrected chi connectivity index (χ1v) is 6.07. The van der Waals surface area contributed by atoms with Crippen LogP contribution >= 0.6 is 0 Å². The summed E-state index contributed by atoms with van der Waals surface area (Å²) in [6.45, 7) is 2.20. The van der Waals surface area contributed by atoms with Crippen LogP contribution in [-0.2, 0) is 17.9 Å². The molecule has 0 fully saturated rings. The fourth-order valence-corrected chi connectivity index (χ4v) is 1.99. The van der Waals surface area contributed by atoms with E-state index >= 15 is 0 Å². The van der Waals surface area contributed by atoms with Crippen molar-refractivity contribution in [2.75, 3.05) is 11.4 Å². The molecular weight excluding hydrogens is 260 g/mol. The average molecular weight is 272 g/mol. The molecule has 0 amide bonds. The van der Waals surface area contributed by atoms with Gasteiger partial charge in [0.2, 0.25) is 5.95 Å². The van der Waals surface area contributed by atoms with Gasteiger partial charge in [-0.1, -0.05) is 0 Å². The molecule has 3 rings (SSSR count). The zero-order valence-corrected chi connectivity index (χ0v) is 10.5. The van der Waals surface area contributed by atoms with Crippen LogP contribution in [0.3, 0.4) is 0 Å². The first kappa shape index (κ1) is 12.3. The molecule has 0 atom stereocenters. The molecule has 2 aromatic heterocycles. The van der Waals surface area contributed by atoms with E-state index in [0.717, 1.165) is 25.0 Å². The highest BCUT2D eigenvalue weighted by Crippen LogP contribution is 2.15. The minimum absolute atomic E-state index is 0.603. The number of carboxylic acid groups (broad SMARTS) is 1. The number of rotatable bonds is 3. The van der Waals surface area contributed by atoms with Crippen LogP contribution in [0.25, 0.3) is 6.08 Å². The predicted molar refractivity (Wildman–Crippen MR) is 69.8 cm³/mol. The van der Waals surface area contributed by atoms with Crippen molar-refractivity contribution in [1.29, 1.82) is 0 Å². The highest BCUT2D eigenvalue weighted by molar-refractivity contribution is 5.85. The van der Waals surface area contributed by atoms with Gasteiger partial charge in [-0.2, -0.15) is 0 Å². The summed E-state index contributed by atoms with van der Waals surface area (Å²) in [6.07, 6.45) is 7.43. The van der Waals surface area contributed by atoms with E-state index < -0.39 is 5.97 Å². The SMILES string of the molecule is O=C(O)/C=C/c1cnc(N2CCn3cnnc3C2)nc1. The van der Waals surface area contributed by atoms with Gasteiger partial charge in [-0.25, -0.2) is 14.8 Å². The molecular formula is C12H12N6O2. The number of nitrogens with zero attached hydrogens (tertiary/aromatic N) is 6. The maximum atomic E-state index is 10.4. The molecule has 0 saturated heterocycles. The van der Waals surface area contributed by atoms with Gasteiger partial charge >= 0.3 is 5.97 Å². The zero-order valence-electron chi connectivity index (χ0n) is 10.5. The number of carboxylic acids is 1. The lowest BCUT2D eigenvalue weighted by Gasteiger charge is -2.26. The van der Waals surface area contributed by atoms with Gasteiger partial charge in [0.15, 0.2) is 5.82 Å². The molecule has 3 heterocycles. The van der Waals surface area contributed by atoms with Crippen molar-refractivity contribution in [2.24, 2.45) is 0 Å². The molecule has 0 bridgehead atoms. The summed E-state index contributed by atoms with van der Waals surface area (Å²) >= 11 is 0. The van der Waals surface area contributed by atoms with Crippen molar-refractivity contribution in [3.8, 4) is 0 Å². The fourth-order valence-electron chi connectivity index (χ4n) is 1.99. The second-order valence-electron chi connectivity index (χ2n) is 4.35. The third-order valence-electron chi connectivity index (χ3n) is 3.00. The third kappa shape index (κ3) is 2.48. The van der Waals surface area contributed by atoms with Crippen LogP contribution in [0, 0.1) is 0 Å². The molecule has 1 N–H and O–H groups in total. The van der Waals surface area contributed by atoms with Crippen molar-refractivity contribution in [3.05, 3.63) is 36.2 Å². The highest BCUT2D eigenvalue weighted by Gasteiger charge is 2.19. The number of hydrogen-bond acceptors (Lipinski definition) is 6. The van der Waals surface area contributed by atoms with E-state index in [1.54, 1.807) is 18.7 Å². The summed E-state index contributed by atoms with van der Waals surface area (Å²) in [4.78, 5) is 20.9. The van der Waals surface area contributed by atoms with E-state index in [2.05, 4.69) is 20.2 Å². The van der Waals surface area contributed by atoms with Gasteiger partial charge in [-0.3, -0.25) is 0 Å². The number of carbonyl (C=O) groups is 1. The van der Waals surface area contributed by atoms with Crippen molar-refractivity contribution in [3.63, 3.8) is 0 Å². The predicted octanol–water partition coefficient (Wildman–Crippen LogP) is 0.186. The standard InChI is InChI=1S/C12H12N6O2/c19-11(20)2-1-9-5-13-12(14-6-9)17-3-4-18-8-15-16-10(18)7-17/h1-2,5-6,8H,3-4,7H2,(H,19,20)/b2-1+. The summed E-state index contributed by atoms with van der Waals surface area (Å²) in [5.41, 5.74) is 0.649. The lowest BCUT2D eigenvalue weighted by molar-refractivity contribution is -0.131. The molecule has 20 heavy (non-hydrogen) atoms. The summed E-state index contributed by atoms with van der Waals surface area (Å²) in [5, 5.41) is 16.5. The van der Waals surface area contributed by atoms with Crippen LogP contribution in [0.5, 0.6) is 0 Å². The molecule has 0 aliphatic carbocycles. The van der Waals surface area contributed by atoms with Gasteiger partial charge < -0.3 is 14.6 Å². The van der Waals surface area contributed by atoms with Crippen molar-refractivity contribution in [1.82, 2.24) is 24.7 Å². The van der Waals surface area contributed by atoms with E-state index in [4.69, 9.17) is 5.11 Å². The molecule has 0 aromatic carbocycles. The summed E-state index contributed by atoms with van der Waals surface area (Å²) in [7, 11) is 0. The molecule has 8 nitrogen and oxygen atoms in total. The van der Waals surface area contributed by atoms with Crippen LogP contribution in [-0.4, -0.2) is 42.4 Å². The first-order valence-electron chi connectivity index (χ1n) is 6.07. The second-order valence-corrected chi connectivity index (χ2v) is 4.35. The number of hydrogen-bond donors (Lipinski definition) is 1. The van der Waals surface area contributed by atoms with Crippen LogP contribution in [0.2, 0.25) is 0 Å². The number of aliphatic carboxylic acids is 1. The maximum absolute atomic E-state index is 10.4. The Balaban J connectivity index is 1.74. The largest absolute Gasteiger partial charge is 0.478 e. The molecule has 0 spiro atoms. The van der Waals surface area contributed by atoms with E-state index in [0.29, 0.717) is 18.1 Å². The maximum Gasteiger partial charge on any atom is 0.328 e. The second kappa shape index (κ2) is 5.08. The molecule has 2 aromatic rings. The first-order chi connectivity index (χ1) is 9.72. The van der Waals surface area contributed by atoms with Crippen molar-refractivity contribution < 1.29 is 9.90 Å².